The number of nitrogens with one attached hydrogen (secondary N) is 1. The standard InChI is InChI=1S/C13H16N2OS/c1-2-3-4-9-16-13(17)15-12-7-5-11(10-14)6-8-12/h5-8H,2-4,9H2,1H3,(H,15,17). The Hall–Kier alpha value is -1.60. The zero-order valence-electron chi connectivity index (χ0n) is 9.90. The Morgan fingerprint density at radius 2 is 2.06 bits per heavy atom. The van der Waals surface area contributed by atoms with Crippen molar-refractivity contribution in [2.24, 2.45) is 0 Å². The molecule has 0 saturated heterocycles. The van der Waals surface area contributed by atoms with E-state index in [9.17, 15) is 0 Å². The quantitative estimate of drug-likeness (QED) is 0.640. The number of anilines is 1. The highest BCUT2D eigenvalue weighted by molar-refractivity contribution is 7.80. The average Bonchev–Trinajstić information content (AvgIpc) is 2.36. The molecule has 0 radical (unpaired) electrons. The monoisotopic (exact) mass is 248 g/mol. The van der Waals surface area contributed by atoms with Crippen LogP contribution in [0.25, 0.3) is 0 Å². The van der Waals surface area contributed by atoms with E-state index in [1.54, 1.807) is 24.3 Å². The molecule has 90 valence electrons. The molecule has 0 fully saturated rings. The molecule has 0 saturated carbocycles. The summed E-state index contributed by atoms with van der Waals surface area (Å²) in [6.45, 7) is 2.79. The lowest BCUT2D eigenvalue weighted by molar-refractivity contribution is 0.301. The Bertz CT molecular complexity index is 395. The van der Waals surface area contributed by atoms with Gasteiger partial charge in [0, 0.05) is 5.69 Å². The van der Waals surface area contributed by atoms with E-state index in [0.717, 1.165) is 18.5 Å². The van der Waals surface area contributed by atoms with Crippen LogP contribution in [-0.2, 0) is 4.74 Å². The summed E-state index contributed by atoms with van der Waals surface area (Å²) in [5.74, 6) is 0. The van der Waals surface area contributed by atoms with E-state index in [0.29, 0.717) is 17.3 Å². The highest BCUT2D eigenvalue weighted by Gasteiger charge is 1.98. The Kier molecular flexibility index (Phi) is 6.05. The summed E-state index contributed by atoms with van der Waals surface area (Å²) in [6, 6.07) is 9.15. The molecule has 1 aromatic carbocycles. The van der Waals surface area contributed by atoms with E-state index in [-0.39, 0.29) is 0 Å². The Morgan fingerprint density at radius 1 is 1.35 bits per heavy atom. The van der Waals surface area contributed by atoms with E-state index in [1.807, 2.05) is 0 Å². The lowest BCUT2D eigenvalue weighted by Gasteiger charge is -2.09. The van der Waals surface area contributed by atoms with Gasteiger partial charge in [-0.25, -0.2) is 0 Å². The van der Waals surface area contributed by atoms with Crippen molar-refractivity contribution >= 4 is 23.1 Å². The minimum atomic E-state index is 0.380. The molecule has 0 atom stereocenters. The summed E-state index contributed by atoms with van der Waals surface area (Å²) < 4.78 is 5.36. The first-order chi connectivity index (χ1) is 8.26. The van der Waals surface area contributed by atoms with Gasteiger partial charge in [-0.05, 0) is 42.9 Å². The number of hydrogen-bond donors (Lipinski definition) is 1. The Labute approximate surface area is 107 Å². The molecular formula is C13H16N2OS. The Balaban J connectivity index is 2.32. The molecule has 1 rings (SSSR count). The second kappa shape index (κ2) is 7.64. The predicted octanol–water partition coefficient (Wildman–Crippen LogP) is 3.46. The van der Waals surface area contributed by atoms with Crippen LogP contribution in [0.5, 0.6) is 0 Å². The molecule has 17 heavy (non-hydrogen) atoms. The summed E-state index contributed by atoms with van der Waals surface area (Å²) in [4.78, 5) is 0. The van der Waals surface area contributed by atoms with Crippen molar-refractivity contribution < 1.29 is 4.74 Å². The number of nitriles is 1. The van der Waals surface area contributed by atoms with Crippen LogP contribution in [0.2, 0.25) is 0 Å². The maximum Gasteiger partial charge on any atom is 0.261 e. The molecular weight excluding hydrogens is 232 g/mol. The third-order valence-corrected chi connectivity index (χ3v) is 2.46. The Morgan fingerprint density at radius 3 is 2.65 bits per heavy atom. The highest BCUT2D eigenvalue weighted by atomic mass is 32.1. The van der Waals surface area contributed by atoms with Gasteiger partial charge in [-0.2, -0.15) is 5.26 Å². The molecule has 1 aromatic rings. The second-order valence-corrected chi connectivity index (χ2v) is 4.03. The topological polar surface area (TPSA) is 45.0 Å². The minimum absolute atomic E-state index is 0.380. The van der Waals surface area contributed by atoms with Crippen molar-refractivity contribution in [1.29, 1.82) is 5.26 Å². The van der Waals surface area contributed by atoms with Crippen molar-refractivity contribution in [2.45, 2.75) is 26.2 Å². The van der Waals surface area contributed by atoms with Crippen LogP contribution in [-0.4, -0.2) is 11.8 Å². The van der Waals surface area contributed by atoms with Gasteiger partial charge in [0.05, 0.1) is 18.2 Å². The maximum absolute atomic E-state index is 8.66. The lowest BCUT2D eigenvalue weighted by Crippen LogP contribution is -2.13. The zero-order chi connectivity index (χ0) is 12.5. The van der Waals surface area contributed by atoms with Gasteiger partial charge < -0.3 is 10.1 Å². The van der Waals surface area contributed by atoms with Crippen LogP contribution < -0.4 is 5.32 Å². The van der Waals surface area contributed by atoms with Gasteiger partial charge in [0.1, 0.15) is 0 Å². The van der Waals surface area contributed by atoms with E-state index in [1.165, 1.54) is 6.42 Å². The van der Waals surface area contributed by atoms with Crippen molar-refractivity contribution in [3.05, 3.63) is 29.8 Å². The SMILES string of the molecule is CCCCCOC(=S)Nc1ccc(C#N)cc1. The van der Waals surface area contributed by atoms with Gasteiger partial charge in [-0.15, -0.1) is 0 Å². The van der Waals surface area contributed by atoms with E-state index < -0.39 is 0 Å². The van der Waals surface area contributed by atoms with Crippen molar-refractivity contribution in [1.82, 2.24) is 0 Å². The molecule has 0 aliphatic heterocycles. The van der Waals surface area contributed by atoms with Gasteiger partial charge in [0.15, 0.2) is 0 Å². The molecule has 0 aliphatic rings. The first kappa shape index (κ1) is 13.5. The fraction of sp³-hybridized carbons (Fsp3) is 0.385. The largest absolute Gasteiger partial charge is 0.471 e. The van der Waals surface area contributed by atoms with Crippen LogP contribution in [0, 0.1) is 11.3 Å². The summed E-state index contributed by atoms with van der Waals surface area (Å²) in [5, 5.41) is 12.0. The first-order valence-corrected chi connectivity index (χ1v) is 6.11. The van der Waals surface area contributed by atoms with Gasteiger partial charge in [0.25, 0.3) is 5.17 Å². The van der Waals surface area contributed by atoms with Crippen LogP contribution in [0.1, 0.15) is 31.7 Å². The van der Waals surface area contributed by atoms with Crippen molar-refractivity contribution in [2.75, 3.05) is 11.9 Å². The van der Waals surface area contributed by atoms with Crippen LogP contribution >= 0.6 is 12.2 Å². The molecule has 0 bridgehead atoms. The maximum atomic E-state index is 8.66. The van der Waals surface area contributed by atoms with E-state index in [2.05, 4.69) is 18.3 Å². The fourth-order valence-corrected chi connectivity index (χ4v) is 1.50. The molecule has 0 aromatic heterocycles. The number of hydrogen-bond acceptors (Lipinski definition) is 3. The molecule has 0 aliphatic carbocycles. The van der Waals surface area contributed by atoms with Crippen LogP contribution in [0.4, 0.5) is 5.69 Å². The lowest BCUT2D eigenvalue weighted by atomic mass is 10.2. The van der Waals surface area contributed by atoms with Gasteiger partial charge in [-0.3, -0.25) is 0 Å². The molecule has 0 unspecified atom stereocenters. The average molecular weight is 248 g/mol. The van der Waals surface area contributed by atoms with E-state index >= 15 is 0 Å². The summed E-state index contributed by atoms with van der Waals surface area (Å²) >= 11 is 5.05. The number of thiocarbonyl (C=S) groups is 1. The third kappa shape index (κ3) is 5.32. The fourth-order valence-electron chi connectivity index (χ4n) is 1.30. The summed E-state index contributed by atoms with van der Waals surface area (Å²) in [7, 11) is 0. The minimum Gasteiger partial charge on any atom is -0.471 e. The molecule has 0 heterocycles. The molecule has 3 nitrogen and oxygen atoms in total. The summed E-state index contributed by atoms with van der Waals surface area (Å²) in [6.07, 6.45) is 3.34. The van der Waals surface area contributed by atoms with Crippen LogP contribution in [0.15, 0.2) is 24.3 Å². The number of nitrogens with zero attached hydrogens (tertiary/aromatic N) is 1. The van der Waals surface area contributed by atoms with Crippen molar-refractivity contribution in [3.63, 3.8) is 0 Å². The number of benzene rings is 1. The third-order valence-electron chi connectivity index (χ3n) is 2.24. The van der Waals surface area contributed by atoms with Crippen LogP contribution in [0.3, 0.4) is 0 Å². The number of rotatable bonds is 5. The molecule has 0 spiro atoms. The predicted molar refractivity (Wildman–Crippen MR) is 72.9 cm³/mol. The normalized spacial score (nSPS) is 9.41. The zero-order valence-corrected chi connectivity index (χ0v) is 10.7. The van der Waals surface area contributed by atoms with E-state index in [4.69, 9.17) is 22.2 Å². The number of ether oxygens (including phenoxy) is 1. The highest BCUT2D eigenvalue weighted by Crippen LogP contribution is 2.09. The molecule has 4 heteroatoms. The summed E-state index contributed by atoms with van der Waals surface area (Å²) in [5.41, 5.74) is 1.47. The smallest absolute Gasteiger partial charge is 0.261 e. The molecule has 1 N–H and O–H groups in total. The van der Waals surface area contributed by atoms with Crippen molar-refractivity contribution in [3.8, 4) is 6.07 Å². The van der Waals surface area contributed by atoms with Gasteiger partial charge in [0.2, 0.25) is 0 Å². The number of unbranched alkanes of at least 4 members (excludes halogenated alkanes) is 2. The van der Waals surface area contributed by atoms with Gasteiger partial charge >= 0.3 is 0 Å². The van der Waals surface area contributed by atoms with Gasteiger partial charge in [-0.1, -0.05) is 19.8 Å². The first-order valence-electron chi connectivity index (χ1n) is 5.70. The second-order valence-electron chi connectivity index (χ2n) is 3.66. The molecule has 0 amide bonds.